The van der Waals surface area contributed by atoms with Crippen LogP contribution >= 0.6 is 0 Å². The van der Waals surface area contributed by atoms with Crippen molar-refractivity contribution in [2.45, 2.75) is 0 Å². The molecular formula is C24H18N2O6. The summed E-state index contributed by atoms with van der Waals surface area (Å²) in [5.41, 5.74) is 1.06. The summed E-state index contributed by atoms with van der Waals surface area (Å²) in [5.74, 6) is -1.29. The molecule has 3 rings (SSSR count). The second kappa shape index (κ2) is 9.91. The van der Waals surface area contributed by atoms with Crippen LogP contribution in [0.25, 0.3) is 0 Å². The first kappa shape index (κ1) is 22.1. The van der Waals surface area contributed by atoms with Crippen molar-refractivity contribution < 1.29 is 28.6 Å². The van der Waals surface area contributed by atoms with E-state index in [9.17, 15) is 14.4 Å². The summed E-state index contributed by atoms with van der Waals surface area (Å²) in [5, 5.41) is 11.8. The summed E-state index contributed by atoms with van der Waals surface area (Å²) in [6.45, 7) is 0. The van der Waals surface area contributed by atoms with Gasteiger partial charge < -0.3 is 19.5 Å². The van der Waals surface area contributed by atoms with Gasteiger partial charge in [-0.3, -0.25) is 4.79 Å². The third-order valence-corrected chi connectivity index (χ3v) is 4.42. The fraction of sp³-hybridized carbons (Fsp3) is 0.0833. The van der Waals surface area contributed by atoms with Crippen LogP contribution in [-0.2, 0) is 9.47 Å². The van der Waals surface area contributed by atoms with E-state index in [0.717, 1.165) is 0 Å². The standard InChI is InChI=1S/C24H18N2O6/c1-30-23(28)18-11-10-17(13-19(18)24(29)31-2)32-21-9-4-3-8-20(21)26-22(27)16-7-5-6-15(12-16)14-25/h3-13H,1-2H3,(H,26,27). The first-order chi connectivity index (χ1) is 15.5. The number of nitrogens with zero attached hydrogens (tertiary/aromatic N) is 1. The van der Waals surface area contributed by atoms with Crippen LogP contribution in [0.3, 0.4) is 0 Å². The molecule has 0 aliphatic rings. The van der Waals surface area contributed by atoms with E-state index in [1.54, 1.807) is 42.5 Å². The molecule has 0 radical (unpaired) electrons. The smallest absolute Gasteiger partial charge is 0.338 e. The number of benzene rings is 3. The maximum Gasteiger partial charge on any atom is 0.338 e. The Morgan fingerprint density at radius 1 is 0.844 bits per heavy atom. The predicted octanol–water partition coefficient (Wildman–Crippen LogP) is 4.18. The highest BCUT2D eigenvalue weighted by Gasteiger charge is 2.20. The van der Waals surface area contributed by atoms with Gasteiger partial charge in [0.05, 0.1) is 42.7 Å². The van der Waals surface area contributed by atoms with Crippen molar-refractivity contribution in [3.63, 3.8) is 0 Å². The van der Waals surface area contributed by atoms with Gasteiger partial charge in [0, 0.05) is 5.56 Å². The number of ether oxygens (including phenoxy) is 3. The van der Waals surface area contributed by atoms with Gasteiger partial charge in [0.15, 0.2) is 5.75 Å². The van der Waals surface area contributed by atoms with Crippen molar-refractivity contribution in [3.8, 4) is 17.6 Å². The highest BCUT2D eigenvalue weighted by molar-refractivity contribution is 6.05. The Labute approximate surface area is 184 Å². The lowest BCUT2D eigenvalue weighted by molar-refractivity contribution is 0.0555. The fourth-order valence-electron chi connectivity index (χ4n) is 2.86. The quantitative estimate of drug-likeness (QED) is 0.584. The number of nitriles is 1. The monoisotopic (exact) mass is 430 g/mol. The molecule has 8 nitrogen and oxygen atoms in total. The summed E-state index contributed by atoms with van der Waals surface area (Å²) in [4.78, 5) is 36.7. The Morgan fingerprint density at radius 2 is 1.56 bits per heavy atom. The van der Waals surface area contributed by atoms with Gasteiger partial charge in [0.1, 0.15) is 5.75 Å². The lowest BCUT2D eigenvalue weighted by Crippen LogP contribution is -2.13. The van der Waals surface area contributed by atoms with Crippen molar-refractivity contribution in [2.24, 2.45) is 0 Å². The minimum absolute atomic E-state index is 0.0216. The molecule has 0 unspecified atom stereocenters. The van der Waals surface area contributed by atoms with Gasteiger partial charge in [-0.05, 0) is 48.5 Å². The number of esters is 2. The van der Waals surface area contributed by atoms with Crippen LogP contribution in [0.5, 0.6) is 11.5 Å². The van der Waals surface area contributed by atoms with E-state index >= 15 is 0 Å². The Hall–Kier alpha value is -4.64. The lowest BCUT2D eigenvalue weighted by Gasteiger charge is -2.14. The molecule has 1 N–H and O–H groups in total. The number of hydrogen-bond donors (Lipinski definition) is 1. The van der Waals surface area contributed by atoms with Gasteiger partial charge in [-0.2, -0.15) is 5.26 Å². The van der Waals surface area contributed by atoms with Crippen LogP contribution < -0.4 is 10.1 Å². The van der Waals surface area contributed by atoms with Gasteiger partial charge in [-0.1, -0.05) is 18.2 Å². The predicted molar refractivity (Wildman–Crippen MR) is 115 cm³/mol. The van der Waals surface area contributed by atoms with Gasteiger partial charge in [0.25, 0.3) is 5.91 Å². The number of hydrogen-bond acceptors (Lipinski definition) is 7. The summed E-state index contributed by atoms with van der Waals surface area (Å²) < 4.78 is 15.3. The molecule has 0 aromatic heterocycles. The van der Waals surface area contributed by atoms with Crippen LogP contribution in [0.2, 0.25) is 0 Å². The summed E-state index contributed by atoms with van der Waals surface area (Å²) >= 11 is 0. The van der Waals surface area contributed by atoms with Crippen molar-refractivity contribution in [2.75, 3.05) is 19.5 Å². The second-order valence-corrected chi connectivity index (χ2v) is 6.44. The molecule has 32 heavy (non-hydrogen) atoms. The van der Waals surface area contributed by atoms with Crippen LogP contribution in [0, 0.1) is 11.3 Å². The molecule has 0 atom stereocenters. The Balaban J connectivity index is 1.89. The molecule has 0 aliphatic heterocycles. The molecule has 0 saturated heterocycles. The van der Waals surface area contributed by atoms with Crippen molar-refractivity contribution in [1.82, 2.24) is 0 Å². The van der Waals surface area contributed by atoms with Gasteiger partial charge in [-0.25, -0.2) is 9.59 Å². The number of anilines is 1. The molecule has 8 heteroatoms. The first-order valence-corrected chi connectivity index (χ1v) is 9.36. The fourth-order valence-corrected chi connectivity index (χ4v) is 2.86. The number of amides is 1. The molecule has 0 aliphatic carbocycles. The van der Waals surface area contributed by atoms with Crippen LogP contribution in [0.15, 0.2) is 66.7 Å². The Bertz CT molecular complexity index is 1230. The molecule has 160 valence electrons. The van der Waals surface area contributed by atoms with Gasteiger partial charge >= 0.3 is 11.9 Å². The zero-order valence-electron chi connectivity index (χ0n) is 17.2. The van der Waals surface area contributed by atoms with Crippen LogP contribution in [0.1, 0.15) is 36.6 Å². The number of rotatable bonds is 6. The van der Waals surface area contributed by atoms with E-state index in [1.807, 2.05) is 6.07 Å². The van der Waals surface area contributed by atoms with Crippen molar-refractivity contribution >= 4 is 23.5 Å². The zero-order chi connectivity index (χ0) is 23.1. The molecule has 3 aromatic carbocycles. The SMILES string of the molecule is COC(=O)c1ccc(Oc2ccccc2NC(=O)c2cccc(C#N)c2)cc1C(=O)OC. The molecule has 0 fully saturated rings. The zero-order valence-corrected chi connectivity index (χ0v) is 17.2. The third kappa shape index (κ3) is 4.91. The normalized spacial score (nSPS) is 9.91. The number of nitrogens with one attached hydrogen (secondary N) is 1. The average molecular weight is 430 g/mol. The van der Waals surface area contributed by atoms with Crippen molar-refractivity contribution in [3.05, 3.63) is 89.0 Å². The third-order valence-electron chi connectivity index (χ3n) is 4.42. The number of carbonyl (C=O) groups excluding carboxylic acids is 3. The Kier molecular flexibility index (Phi) is 6.83. The van der Waals surface area contributed by atoms with Gasteiger partial charge in [0.2, 0.25) is 0 Å². The molecule has 0 saturated carbocycles. The maximum absolute atomic E-state index is 12.6. The Morgan fingerprint density at radius 3 is 2.28 bits per heavy atom. The lowest BCUT2D eigenvalue weighted by atomic mass is 10.1. The summed E-state index contributed by atoms with van der Waals surface area (Å²) in [6, 6.07) is 19.2. The molecule has 0 bridgehead atoms. The minimum Gasteiger partial charge on any atom is -0.465 e. The largest absolute Gasteiger partial charge is 0.465 e. The summed E-state index contributed by atoms with van der Waals surface area (Å²) in [6.07, 6.45) is 0. The molecule has 0 heterocycles. The average Bonchev–Trinajstić information content (AvgIpc) is 2.84. The van der Waals surface area contributed by atoms with E-state index in [-0.39, 0.29) is 16.9 Å². The first-order valence-electron chi connectivity index (χ1n) is 9.36. The molecule has 3 aromatic rings. The summed E-state index contributed by atoms with van der Waals surface area (Å²) in [7, 11) is 2.40. The van der Waals surface area contributed by atoms with E-state index in [4.69, 9.17) is 19.5 Å². The van der Waals surface area contributed by atoms with E-state index < -0.39 is 17.8 Å². The highest BCUT2D eigenvalue weighted by Crippen LogP contribution is 2.31. The number of methoxy groups -OCH3 is 2. The van der Waals surface area contributed by atoms with E-state index in [1.165, 1.54) is 38.5 Å². The van der Waals surface area contributed by atoms with E-state index in [0.29, 0.717) is 22.6 Å². The maximum atomic E-state index is 12.6. The topological polar surface area (TPSA) is 115 Å². The second-order valence-electron chi connectivity index (χ2n) is 6.44. The molecule has 1 amide bonds. The highest BCUT2D eigenvalue weighted by atomic mass is 16.5. The number of carbonyl (C=O) groups is 3. The van der Waals surface area contributed by atoms with Crippen molar-refractivity contribution in [1.29, 1.82) is 5.26 Å². The number of para-hydroxylation sites is 2. The van der Waals surface area contributed by atoms with Crippen LogP contribution in [-0.4, -0.2) is 32.1 Å². The van der Waals surface area contributed by atoms with Gasteiger partial charge in [-0.15, -0.1) is 0 Å². The molecule has 0 spiro atoms. The molecular weight excluding hydrogens is 412 g/mol. The minimum atomic E-state index is -0.727. The van der Waals surface area contributed by atoms with E-state index in [2.05, 4.69) is 5.32 Å². The van der Waals surface area contributed by atoms with Crippen LogP contribution in [0.4, 0.5) is 5.69 Å².